The summed E-state index contributed by atoms with van der Waals surface area (Å²) in [5.41, 5.74) is 5.77. The lowest BCUT2D eigenvalue weighted by atomic mass is 9.78. The minimum absolute atomic E-state index is 0.0453. The van der Waals surface area contributed by atoms with Gasteiger partial charge in [-0.2, -0.15) is 0 Å². The quantitative estimate of drug-likeness (QED) is 0.517. The number of carbonyl (C=O) groups is 1. The van der Waals surface area contributed by atoms with Crippen LogP contribution in [0.15, 0.2) is 55.1 Å². The molecule has 2 aromatic carbocycles. The van der Waals surface area contributed by atoms with Gasteiger partial charge in [0.05, 0.1) is 13.2 Å². The van der Waals surface area contributed by atoms with Crippen LogP contribution in [0.5, 0.6) is 0 Å². The first kappa shape index (κ1) is 20.3. The molecule has 1 saturated carbocycles. The highest BCUT2D eigenvalue weighted by atomic mass is 16.5. The van der Waals surface area contributed by atoms with Crippen LogP contribution in [0.25, 0.3) is 11.1 Å². The van der Waals surface area contributed by atoms with Gasteiger partial charge < -0.3 is 9.84 Å². The predicted octanol–water partition coefficient (Wildman–Crippen LogP) is 5.41. The molecule has 0 spiro atoms. The van der Waals surface area contributed by atoms with Gasteiger partial charge in [0.25, 0.3) is 0 Å². The third-order valence-electron chi connectivity index (χ3n) is 5.85. The van der Waals surface area contributed by atoms with E-state index in [1.165, 1.54) is 42.9 Å². The van der Waals surface area contributed by atoms with Crippen LogP contribution >= 0.6 is 0 Å². The van der Waals surface area contributed by atoms with E-state index in [1.807, 2.05) is 24.3 Å². The summed E-state index contributed by atoms with van der Waals surface area (Å²) >= 11 is 0. The summed E-state index contributed by atoms with van der Waals surface area (Å²) in [7, 11) is 0. The Labute approximate surface area is 168 Å². The van der Waals surface area contributed by atoms with Crippen molar-refractivity contribution in [2.75, 3.05) is 6.61 Å². The van der Waals surface area contributed by atoms with Crippen molar-refractivity contribution >= 4 is 5.97 Å². The highest BCUT2D eigenvalue weighted by Crippen LogP contribution is 2.37. The first-order valence-corrected chi connectivity index (χ1v) is 10.2. The lowest BCUT2D eigenvalue weighted by molar-refractivity contribution is -0.137. The van der Waals surface area contributed by atoms with E-state index in [2.05, 4.69) is 31.7 Å². The molecule has 3 heteroatoms. The summed E-state index contributed by atoms with van der Waals surface area (Å²) in [6.07, 6.45) is 6.96. The number of esters is 1. The maximum Gasteiger partial charge on any atom is 0.330 e. The first-order valence-electron chi connectivity index (χ1n) is 10.2. The first-order chi connectivity index (χ1) is 13.6. The summed E-state index contributed by atoms with van der Waals surface area (Å²) in [4.78, 5) is 11.4. The van der Waals surface area contributed by atoms with Gasteiger partial charge in [-0.3, -0.25) is 0 Å². The number of hydrogen-bond donors (Lipinski definition) is 1. The molecule has 1 aliphatic rings. The largest absolute Gasteiger partial charge is 0.462 e. The second-order valence-electron chi connectivity index (χ2n) is 7.85. The third kappa shape index (κ3) is 5.11. The Hall–Kier alpha value is -2.39. The van der Waals surface area contributed by atoms with Gasteiger partial charge in [0, 0.05) is 12.5 Å². The molecule has 0 atom stereocenters. The molecule has 28 heavy (non-hydrogen) atoms. The number of rotatable bonds is 7. The summed E-state index contributed by atoms with van der Waals surface area (Å²) in [5.74, 6) is 1.07. The van der Waals surface area contributed by atoms with E-state index in [1.54, 1.807) is 0 Å². The number of aliphatic hydroxyl groups is 1. The smallest absolute Gasteiger partial charge is 0.330 e. The van der Waals surface area contributed by atoms with E-state index in [0.29, 0.717) is 18.9 Å². The zero-order valence-electron chi connectivity index (χ0n) is 16.7. The van der Waals surface area contributed by atoms with E-state index >= 15 is 0 Å². The molecule has 0 radical (unpaired) electrons. The zero-order valence-corrected chi connectivity index (χ0v) is 16.7. The van der Waals surface area contributed by atoms with Crippen LogP contribution in [-0.2, 0) is 22.6 Å². The number of ether oxygens (including phenoxy) is 1. The van der Waals surface area contributed by atoms with Gasteiger partial charge in [0.1, 0.15) is 0 Å². The van der Waals surface area contributed by atoms with Gasteiger partial charge in [-0.05, 0) is 52.5 Å². The second-order valence-corrected chi connectivity index (χ2v) is 7.85. The Balaban J connectivity index is 1.86. The molecular formula is C25H30O3. The summed E-state index contributed by atoms with van der Waals surface area (Å²) in [6, 6.07) is 14.8. The molecule has 3 rings (SSSR count). The van der Waals surface area contributed by atoms with Gasteiger partial charge in [0.15, 0.2) is 0 Å². The molecule has 1 N–H and O–H groups in total. The number of carbonyl (C=O) groups excluding carboxylic acids is 1. The molecule has 0 saturated heterocycles. The van der Waals surface area contributed by atoms with Crippen molar-refractivity contribution in [3.63, 3.8) is 0 Å². The van der Waals surface area contributed by atoms with Crippen molar-refractivity contribution in [3.05, 3.63) is 71.8 Å². The fourth-order valence-corrected chi connectivity index (χ4v) is 4.06. The molecule has 0 aromatic heterocycles. The van der Waals surface area contributed by atoms with Crippen LogP contribution in [0.3, 0.4) is 0 Å². The van der Waals surface area contributed by atoms with E-state index in [9.17, 15) is 9.90 Å². The number of aliphatic hydroxyl groups excluding tert-OH is 1. The number of hydrogen-bond acceptors (Lipinski definition) is 3. The monoisotopic (exact) mass is 378 g/mol. The minimum Gasteiger partial charge on any atom is -0.462 e. The Morgan fingerprint density at radius 1 is 1.14 bits per heavy atom. The van der Waals surface area contributed by atoms with Gasteiger partial charge >= 0.3 is 5.97 Å². The van der Waals surface area contributed by atoms with Gasteiger partial charge in [-0.15, -0.1) is 0 Å². The maximum absolute atomic E-state index is 11.4. The SMILES string of the molecule is C=CC(=O)OCCc1cc(C2CCC(C)CC2)ccc1-c1ccc(CO)cc1. The molecule has 0 aliphatic heterocycles. The molecule has 148 valence electrons. The lowest BCUT2D eigenvalue weighted by Crippen LogP contribution is -2.11. The zero-order chi connectivity index (χ0) is 19.9. The Kier molecular flexibility index (Phi) is 7.05. The Bertz CT molecular complexity index is 799. The van der Waals surface area contributed by atoms with Crippen LogP contribution in [-0.4, -0.2) is 17.7 Å². The van der Waals surface area contributed by atoms with Crippen LogP contribution in [0, 0.1) is 5.92 Å². The highest BCUT2D eigenvalue weighted by molar-refractivity contribution is 5.81. The van der Waals surface area contributed by atoms with Crippen LogP contribution < -0.4 is 0 Å². The molecular weight excluding hydrogens is 348 g/mol. The summed E-state index contributed by atoms with van der Waals surface area (Å²) in [6.45, 7) is 6.19. The van der Waals surface area contributed by atoms with Crippen molar-refractivity contribution in [3.8, 4) is 11.1 Å². The van der Waals surface area contributed by atoms with Crippen molar-refractivity contribution < 1.29 is 14.6 Å². The molecule has 0 amide bonds. The van der Waals surface area contributed by atoms with Crippen molar-refractivity contribution in [1.29, 1.82) is 0 Å². The standard InChI is InChI=1S/C25H30O3/c1-3-25(27)28-15-14-23-16-22(20-8-4-18(2)5-9-20)12-13-24(23)21-10-6-19(17-26)7-11-21/h3,6-7,10-13,16,18,20,26H,1,4-5,8-9,14-15,17H2,2H3. The van der Waals surface area contributed by atoms with Crippen molar-refractivity contribution in [1.82, 2.24) is 0 Å². The van der Waals surface area contributed by atoms with E-state index in [4.69, 9.17) is 4.74 Å². The van der Waals surface area contributed by atoms with Gasteiger partial charge in [0.2, 0.25) is 0 Å². The average Bonchev–Trinajstić information content (AvgIpc) is 2.74. The minimum atomic E-state index is -0.383. The van der Waals surface area contributed by atoms with Crippen molar-refractivity contribution in [2.45, 2.75) is 51.6 Å². The van der Waals surface area contributed by atoms with Crippen LogP contribution in [0.2, 0.25) is 0 Å². The molecule has 1 aliphatic carbocycles. The van der Waals surface area contributed by atoms with Crippen molar-refractivity contribution in [2.24, 2.45) is 5.92 Å². The van der Waals surface area contributed by atoms with E-state index < -0.39 is 0 Å². The average molecular weight is 379 g/mol. The van der Waals surface area contributed by atoms with E-state index in [-0.39, 0.29) is 12.6 Å². The molecule has 0 unspecified atom stereocenters. The van der Waals surface area contributed by atoms with E-state index in [0.717, 1.165) is 22.6 Å². The Morgan fingerprint density at radius 3 is 2.50 bits per heavy atom. The highest BCUT2D eigenvalue weighted by Gasteiger charge is 2.20. The van der Waals surface area contributed by atoms with Crippen LogP contribution in [0.4, 0.5) is 0 Å². The van der Waals surface area contributed by atoms with Gasteiger partial charge in [-0.25, -0.2) is 4.79 Å². The predicted molar refractivity (Wildman–Crippen MR) is 113 cm³/mol. The van der Waals surface area contributed by atoms with Gasteiger partial charge in [-0.1, -0.05) is 68.8 Å². The second kappa shape index (κ2) is 9.70. The van der Waals surface area contributed by atoms with Crippen LogP contribution in [0.1, 0.15) is 55.2 Å². The lowest BCUT2D eigenvalue weighted by Gasteiger charge is -2.27. The topological polar surface area (TPSA) is 46.5 Å². The fourth-order valence-electron chi connectivity index (χ4n) is 4.06. The summed E-state index contributed by atoms with van der Waals surface area (Å²) in [5, 5.41) is 9.29. The maximum atomic E-state index is 11.4. The third-order valence-corrected chi connectivity index (χ3v) is 5.85. The molecule has 2 aromatic rings. The molecule has 3 nitrogen and oxygen atoms in total. The molecule has 0 bridgehead atoms. The molecule has 1 fully saturated rings. The summed E-state index contributed by atoms with van der Waals surface area (Å²) < 4.78 is 5.23. The number of benzene rings is 2. The fraction of sp³-hybridized carbons (Fsp3) is 0.400. The normalized spacial score (nSPS) is 19.2. The Morgan fingerprint density at radius 2 is 1.86 bits per heavy atom. The molecule has 0 heterocycles.